The maximum absolute atomic E-state index is 13.6. The summed E-state index contributed by atoms with van der Waals surface area (Å²) in [4.78, 5) is 33.7. The van der Waals surface area contributed by atoms with Crippen molar-refractivity contribution in [2.75, 3.05) is 5.32 Å². The molecule has 0 bridgehead atoms. The van der Waals surface area contributed by atoms with Gasteiger partial charge in [-0.2, -0.15) is 39.5 Å². The molecule has 3 aromatic rings. The fourth-order valence-electron chi connectivity index (χ4n) is 2.67. The van der Waals surface area contributed by atoms with E-state index in [4.69, 9.17) is 30.3 Å². The Balaban J connectivity index is 0.000000601. The molecule has 0 spiro atoms. The number of aliphatic carboxylic acids is 2. The zero-order valence-electron chi connectivity index (χ0n) is 22.4. The molecule has 0 radical (unpaired) electrons. The highest BCUT2D eigenvalue weighted by molar-refractivity contribution is 5.94. The van der Waals surface area contributed by atoms with E-state index in [2.05, 4.69) is 10.3 Å². The second-order valence-electron chi connectivity index (χ2n) is 8.50. The molecule has 0 aliphatic carbocycles. The van der Waals surface area contributed by atoms with Gasteiger partial charge in [-0.1, -0.05) is 18.2 Å². The zero-order valence-corrected chi connectivity index (χ0v) is 22.4. The SMILES string of the molecule is Cc1ccc(NC(=O)[C@@H](N)Cc2ccc(Oc3ccc(C(F)(F)F)cn3)cc2)cc1F.O=C(O)C(F)(F)F.O=C(O)C(F)(F)F. The van der Waals surface area contributed by atoms with Crippen LogP contribution in [0, 0.1) is 12.7 Å². The van der Waals surface area contributed by atoms with Gasteiger partial charge in [0.2, 0.25) is 11.8 Å². The van der Waals surface area contributed by atoms with Crippen molar-refractivity contribution in [2.24, 2.45) is 5.73 Å². The van der Waals surface area contributed by atoms with Crippen molar-refractivity contribution in [3.63, 3.8) is 0 Å². The number of aromatic nitrogens is 1. The van der Waals surface area contributed by atoms with Gasteiger partial charge in [0.1, 0.15) is 11.6 Å². The number of carboxylic acids is 2. The molecule has 246 valence electrons. The summed E-state index contributed by atoms with van der Waals surface area (Å²) in [6.45, 7) is 1.62. The highest BCUT2D eigenvalue weighted by Crippen LogP contribution is 2.30. The van der Waals surface area contributed by atoms with E-state index >= 15 is 0 Å². The number of pyridine rings is 1. The number of halogens is 10. The maximum atomic E-state index is 13.6. The van der Waals surface area contributed by atoms with E-state index in [1.54, 1.807) is 43.3 Å². The van der Waals surface area contributed by atoms with Gasteiger partial charge in [0.15, 0.2) is 0 Å². The fraction of sp³-hybridized carbons (Fsp3) is 0.231. The number of nitrogens with one attached hydrogen (secondary N) is 1. The third kappa shape index (κ3) is 13.9. The minimum atomic E-state index is -5.08. The molecular weight excluding hydrogens is 640 g/mol. The van der Waals surface area contributed by atoms with Gasteiger partial charge in [-0.05, 0) is 54.8 Å². The summed E-state index contributed by atoms with van der Waals surface area (Å²) in [5.74, 6) is -6.02. The van der Waals surface area contributed by atoms with Crippen LogP contribution in [0.25, 0.3) is 0 Å². The molecule has 9 nitrogen and oxygen atoms in total. The number of nitrogens with two attached hydrogens (primary N) is 1. The quantitative estimate of drug-likeness (QED) is 0.231. The molecule has 2 aromatic carbocycles. The Kier molecular flexibility index (Phi) is 13.3. The molecule has 19 heteroatoms. The molecule has 1 aromatic heterocycles. The maximum Gasteiger partial charge on any atom is 0.490 e. The minimum Gasteiger partial charge on any atom is -0.475 e. The lowest BCUT2D eigenvalue weighted by molar-refractivity contribution is -0.193. The first-order chi connectivity index (χ1) is 20.5. The van der Waals surface area contributed by atoms with Crippen LogP contribution in [0.2, 0.25) is 0 Å². The summed E-state index contributed by atoms with van der Waals surface area (Å²) in [5.41, 5.74) is 6.60. The molecule has 0 saturated heterocycles. The van der Waals surface area contributed by atoms with Gasteiger partial charge >= 0.3 is 30.5 Å². The second-order valence-corrected chi connectivity index (χ2v) is 8.50. The molecule has 0 aliphatic rings. The summed E-state index contributed by atoms with van der Waals surface area (Å²) in [6.07, 6.45) is -13.7. The summed E-state index contributed by atoms with van der Waals surface area (Å²) >= 11 is 0. The number of nitrogens with zero attached hydrogens (tertiary/aromatic N) is 1. The molecule has 45 heavy (non-hydrogen) atoms. The van der Waals surface area contributed by atoms with Gasteiger partial charge in [-0.25, -0.2) is 19.0 Å². The van der Waals surface area contributed by atoms with Crippen LogP contribution in [0.5, 0.6) is 11.6 Å². The van der Waals surface area contributed by atoms with Gasteiger partial charge < -0.3 is 26.0 Å². The third-order valence-electron chi connectivity index (χ3n) is 4.93. The predicted molar refractivity (Wildman–Crippen MR) is 135 cm³/mol. The Morgan fingerprint density at radius 3 is 1.78 bits per heavy atom. The molecule has 0 aliphatic heterocycles. The smallest absolute Gasteiger partial charge is 0.475 e. The number of carboxylic acid groups (broad SMARTS) is 2. The Morgan fingerprint density at radius 1 is 0.867 bits per heavy atom. The minimum absolute atomic E-state index is 0.0159. The number of hydrogen-bond acceptors (Lipinski definition) is 6. The lowest BCUT2D eigenvalue weighted by atomic mass is 10.1. The summed E-state index contributed by atoms with van der Waals surface area (Å²) in [7, 11) is 0. The molecular formula is C26H21F10N3O6. The number of anilines is 1. The number of benzene rings is 2. The van der Waals surface area contributed by atoms with Crippen molar-refractivity contribution in [2.45, 2.75) is 37.9 Å². The number of rotatable bonds is 6. The van der Waals surface area contributed by atoms with Crippen LogP contribution in [0.15, 0.2) is 60.8 Å². The van der Waals surface area contributed by atoms with Crippen molar-refractivity contribution in [3.05, 3.63) is 83.3 Å². The first kappa shape index (κ1) is 38.1. The zero-order chi connectivity index (χ0) is 34.8. The normalized spacial score (nSPS) is 12.0. The number of alkyl halides is 9. The second kappa shape index (κ2) is 15.7. The van der Waals surface area contributed by atoms with Crippen molar-refractivity contribution >= 4 is 23.5 Å². The Bertz CT molecular complexity index is 1420. The van der Waals surface area contributed by atoms with Crippen LogP contribution in [0.3, 0.4) is 0 Å². The van der Waals surface area contributed by atoms with Crippen LogP contribution in [-0.4, -0.2) is 51.4 Å². The van der Waals surface area contributed by atoms with Gasteiger partial charge in [0.05, 0.1) is 11.6 Å². The average Bonchev–Trinajstić information content (AvgIpc) is 2.91. The molecule has 0 fully saturated rings. The standard InChI is InChI=1S/C22H19F4N3O2.2C2HF3O2/c1-13-2-6-16(11-18(13)23)29-21(30)19(27)10-14-3-7-17(8-4-14)31-20-9-5-15(12-28-20)22(24,25)26;2*3-2(4,5)1(6)7/h2-9,11-12,19H,10,27H2,1H3,(H,29,30);2*(H,6,7)/t19-;;/m0../s1. The van der Waals surface area contributed by atoms with E-state index in [1.807, 2.05) is 0 Å². The van der Waals surface area contributed by atoms with Gasteiger partial charge in [-0.15, -0.1) is 0 Å². The number of carbonyl (C=O) groups is 3. The van der Waals surface area contributed by atoms with Crippen LogP contribution in [-0.2, 0) is 27.0 Å². The van der Waals surface area contributed by atoms with Crippen LogP contribution in [0.4, 0.5) is 49.6 Å². The number of hydrogen-bond donors (Lipinski definition) is 4. The van der Waals surface area contributed by atoms with E-state index in [0.29, 0.717) is 23.2 Å². The topological polar surface area (TPSA) is 152 Å². The third-order valence-corrected chi connectivity index (χ3v) is 4.93. The molecule has 0 unspecified atom stereocenters. The highest BCUT2D eigenvalue weighted by Gasteiger charge is 2.39. The van der Waals surface area contributed by atoms with E-state index < -0.39 is 53.8 Å². The van der Waals surface area contributed by atoms with Crippen molar-refractivity contribution < 1.29 is 73.2 Å². The summed E-state index contributed by atoms with van der Waals surface area (Å²) < 4.78 is 120. The van der Waals surface area contributed by atoms with E-state index in [0.717, 1.165) is 17.7 Å². The first-order valence-electron chi connectivity index (χ1n) is 11.7. The number of ether oxygens (including phenoxy) is 1. The van der Waals surface area contributed by atoms with Crippen molar-refractivity contribution in [1.29, 1.82) is 0 Å². The van der Waals surface area contributed by atoms with Crippen LogP contribution in [0.1, 0.15) is 16.7 Å². The van der Waals surface area contributed by atoms with Crippen LogP contribution < -0.4 is 15.8 Å². The monoisotopic (exact) mass is 661 g/mol. The van der Waals surface area contributed by atoms with Gasteiger partial charge in [0, 0.05) is 18.0 Å². The summed E-state index contributed by atoms with van der Waals surface area (Å²) in [6, 6.07) is 12.1. The van der Waals surface area contributed by atoms with E-state index in [-0.39, 0.29) is 12.3 Å². The van der Waals surface area contributed by atoms with Crippen LogP contribution >= 0.6 is 0 Å². The Morgan fingerprint density at radius 2 is 1.38 bits per heavy atom. The highest BCUT2D eigenvalue weighted by atomic mass is 19.4. The first-order valence-corrected chi connectivity index (χ1v) is 11.7. The molecule has 0 saturated carbocycles. The number of carbonyl (C=O) groups excluding carboxylic acids is 1. The lowest BCUT2D eigenvalue weighted by Gasteiger charge is -2.13. The Hall–Kier alpha value is -4.94. The fourth-order valence-corrected chi connectivity index (χ4v) is 2.67. The predicted octanol–water partition coefficient (Wildman–Crippen LogP) is 6.12. The van der Waals surface area contributed by atoms with E-state index in [9.17, 15) is 48.7 Å². The van der Waals surface area contributed by atoms with Gasteiger partial charge in [0.25, 0.3) is 0 Å². The molecule has 5 N–H and O–H groups in total. The van der Waals surface area contributed by atoms with Crippen molar-refractivity contribution in [3.8, 4) is 11.6 Å². The van der Waals surface area contributed by atoms with E-state index in [1.165, 1.54) is 6.07 Å². The molecule has 1 amide bonds. The lowest BCUT2D eigenvalue weighted by Crippen LogP contribution is -2.37. The average molecular weight is 661 g/mol. The largest absolute Gasteiger partial charge is 0.490 e. The molecule has 1 heterocycles. The summed E-state index contributed by atoms with van der Waals surface area (Å²) in [5, 5.41) is 16.8. The Labute approximate surface area is 246 Å². The van der Waals surface area contributed by atoms with Gasteiger partial charge in [-0.3, -0.25) is 4.79 Å². The number of amides is 1. The molecule has 3 rings (SSSR count). The molecule has 1 atom stereocenters. The van der Waals surface area contributed by atoms with Crippen molar-refractivity contribution in [1.82, 2.24) is 4.98 Å². The number of aryl methyl sites for hydroxylation is 1.